The zero-order valence-electron chi connectivity index (χ0n) is 15.3. The molecule has 1 N–H and O–H groups in total. The van der Waals surface area contributed by atoms with Crippen LogP contribution in [0.5, 0.6) is 0 Å². The summed E-state index contributed by atoms with van der Waals surface area (Å²) >= 11 is 0. The molecule has 0 aliphatic heterocycles. The van der Waals surface area contributed by atoms with E-state index in [9.17, 15) is 0 Å². The first-order valence-corrected chi connectivity index (χ1v) is 8.55. The lowest BCUT2D eigenvalue weighted by Crippen LogP contribution is -2.24. The molecule has 1 nitrogen and oxygen atoms in total. The summed E-state index contributed by atoms with van der Waals surface area (Å²) in [5, 5.41) is 5.41. The highest BCUT2D eigenvalue weighted by molar-refractivity contribution is 5.75. The fourth-order valence-electron chi connectivity index (χ4n) is 2.76. The molecule has 1 heteroatoms. The predicted molar refractivity (Wildman–Crippen MR) is 111 cm³/mol. The van der Waals surface area contributed by atoms with E-state index in [0.717, 1.165) is 44.9 Å². The first-order chi connectivity index (χ1) is 12.1. The second-order valence-electron chi connectivity index (χ2n) is 5.82. The molecule has 0 radical (unpaired) electrons. The van der Waals surface area contributed by atoms with Crippen molar-refractivity contribution in [3.63, 3.8) is 0 Å². The Morgan fingerprint density at radius 3 is 2.68 bits per heavy atom. The van der Waals surface area contributed by atoms with Crippen molar-refractivity contribution in [3.8, 4) is 23.5 Å². The average Bonchev–Trinajstić information content (AvgIpc) is 2.65. The summed E-state index contributed by atoms with van der Waals surface area (Å²) < 4.78 is 0. The molecule has 2 aromatic carbocycles. The molecule has 0 unspecified atom stereocenters. The SMILES string of the molecule is C#C/C(NCC)=C(/C)c1cccc(-c2ccc/c(=C/C=C\C)c2=C)c1. The van der Waals surface area contributed by atoms with Gasteiger partial charge in [-0.2, -0.15) is 0 Å². The van der Waals surface area contributed by atoms with Crippen molar-refractivity contribution in [2.24, 2.45) is 0 Å². The molecule has 2 rings (SSSR count). The van der Waals surface area contributed by atoms with Crippen LogP contribution in [-0.2, 0) is 0 Å². The molecule has 0 atom stereocenters. The van der Waals surface area contributed by atoms with E-state index >= 15 is 0 Å². The molecule has 0 bridgehead atoms. The minimum absolute atomic E-state index is 0.808. The summed E-state index contributed by atoms with van der Waals surface area (Å²) in [5.41, 5.74) is 5.32. The second kappa shape index (κ2) is 8.76. The Morgan fingerprint density at radius 2 is 2.00 bits per heavy atom. The third kappa shape index (κ3) is 4.31. The van der Waals surface area contributed by atoms with Gasteiger partial charge < -0.3 is 5.32 Å². The number of hydrogen-bond acceptors (Lipinski definition) is 1. The van der Waals surface area contributed by atoms with Crippen molar-refractivity contribution < 1.29 is 0 Å². The molecule has 0 spiro atoms. The Kier molecular flexibility index (Phi) is 6.43. The first kappa shape index (κ1) is 18.4. The smallest absolute Gasteiger partial charge is 0.0886 e. The van der Waals surface area contributed by atoms with Crippen LogP contribution in [0.4, 0.5) is 0 Å². The quantitative estimate of drug-likeness (QED) is 0.816. The van der Waals surface area contributed by atoms with E-state index in [1.54, 1.807) is 0 Å². The summed E-state index contributed by atoms with van der Waals surface area (Å²) in [7, 11) is 0. The number of allylic oxidation sites excluding steroid dienone is 4. The average molecular weight is 327 g/mol. The highest BCUT2D eigenvalue weighted by Gasteiger charge is 2.05. The van der Waals surface area contributed by atoms with Crippen LogP contribution in [0.25, 0.3) is 29.4 Å². The largest absolute Gasteiger partial charge is 0.378 e. The van der Waals surface area contributed by atoms with Gasteiger partial charge in [-0.1, -0.05) is 67.1 Å². The van der Waals surface area contributed by atoms with Crippen LogP contribution in [0.15, 0.2) is 60.3 Å². The summed E-state index contributed by atoms with van der Waals surface area (Å²) in [6.45, 7) is 11.2. The number of benzene rings is 2. The van der Waals surface area contributed by atoms with Gasteiger partial charge in [-0.3, -0.25) is 0 Å². The highest BCUT2D eigenvalue weighted by Crippen LogP contribution is 2.22. The molecule has 0 amide bonds. The Morgan fingerprint density at radius 1 is 1.24 bits per heavy atom. The zero-order chi connectivity index (χ0) is 18.2. The van der Waals surface area contributed by atoms with Crippen molar-refractivity contribution in [2.75, 3.05) is 6.54 Å². The standard InChI is InChI=1S/C24H25N/c1-6-9-12-20-13-11-16-23(18(20)4)22-15-10-14-21(17-22)19(5)24(7-2)25-8-3/h2,6,9-17,25H,4,8H2,1,3,5H3/b9-6-,20-12-,24-19+. The monoisotopic (exact) mass is 327 g/mol. The van der Waals surface area contributed by atoms with Gasteiger partial charge in [0.1, 0.15) is 0 Å². The van der Waals surface area contributed by atoms with Crippen molar-refractivity contribution in [1.82, 2.24) is 5.32 Å². The molecule has 0 aliphatic carbocycles. The maximum atomic E-state index is 5.65. The van der Waals surface area contributed by atoms with Crippen molar-refractivity contribution in [3.05, 3.63) is 76.3 Å². The number of rotatable bonds is 5. The fraction of sp³-hybridized carbons (Fsp3) is 0.167. The minimum atomic E-state index is 0.808. The topological polar surface area (TPSA) is 12.0 Å². The van der Waals surface area contributed by atoms with Gasteiger partial charge in [0.05, 0.1) is 5.70 Å². The predicted octanol–water partition coefficient (Wildman–Crippen LogP) is 4.09. The Labute approximate surface area is 151 Å². The van der Waals surface area contributed by atoms with Gasteiger partial charge in [-0.15, -0.1) is 6.42 Å². The number of terminal acetylenes is 1. The summed E-state index contributed by atoms with van der Waals surface area (Å²) in [6, 6.07) is 14.7. The van der Waals surface area contributed by atoms with Gasteiger partial charge in [0.15, 0.2) is 0 Å². The fourth-order valence-corrected chi connectivity index (χ4v) is 2.76. The summed E-state index contributed by atoms with van der Waals surface area (Å²) in [4.78, 5) is 0. The molecular weight excluding hydrogens is 302 g/mol. The van der Waals surface area contributed by atoms with Crippen LogP contribution in [-0.4, -0.2) is 6.54 Å². The Bertz CT molecular complexity index is 952. The van der Waals surface area contributed by atoms with Gasteiger partial charge in [-0.25, -0.2) is 0 Å². The third-order valence-electron chi connectivity index (χ3n) is 4.16. The van der Waals surface area contributed by atoms with Crippen LogP contribution in [0.3, 0.4) is 0 Å². The van der Waals surface area contributed by atoms with E-state index in [1.165, 1.54) is 0 Å². The van der Waals surface area contributed by atoms with Crippen molar-refractivity contribution in [2.45, 2.75) is 20.8 Å². The highest BCUT2D eigenvalue weighted by atomic mass is 14.9. The van der Waals surface area contributed by atoms with Gasteiger partial charge in [0, 0.05) is 6.54 Å². The third-order valence-corrected chi connectivity index (χ3v) is 4.16. The van der Waals surface area contributed by atoms with E-state index < -0.39 is 0 Å². The molecular formula is C24H25N. The molecule has 0 fully saturated rings. The molecule has 0 saturated carbocycles. The van der Waals surface area contributed by atoms with Crippen molar-refractivity contribution >= 4 is 18.2 Å². The van der Waals surface area contributed by atoms with E-state index in [-0.39, 0.29) is 0 Å². The lowest BCUT2D eigenvalue weighted by molar-refractivity contribution is 0.887. The lowest BCUT2D eigenvalue weighted by Gasteiger charge is -2.11. The van der Waals surface area contributed by atoms with E-state index in [2.05, 4.69) is 73.3 Å². The maximum absolute atomic E-state index is 5.65. The van der Waals surface area contributed by atoms with Gasteiger partial charge >= 0.3 is 0 Å². The van der Waals surface area contributed by atoms with Gasteiger partial charge in [0.25, 0.3) is 0 Å². The Balaban J connectivity index is 2.58. The van der Waals surface area contributed by atoms with Crippen LogP contribution >= 0.6 is 0 Å². The van der Waals surface area contributed by atoms with E-state index in [0.29, 0.717) is 0 Å². The Hall–Kier alpha value is -2.98. The molecule has 0 aliphatic rings. The number of nitrogens with one attached hydrogen (secondary N) is 1. The van der Waals surface area contributed by atoms with Gasteiger partial charge in [0.2, 0.25) is 0 Å². The summed E-state index contributed by atoms with van der Waals surface area (Å²) in [6.07, 6.45) is 11.8. The van der Waals surface area contributed by atoms with E-state index in [4.69, 9.17) is 6.42 Å². The van der Waals surface area contributed by atoms with Crippen LogP contribution in [0.1, 0.15) is 26.3 Å². The maximum Gasteiger partial charge on any atom is 0.0886 e. The van der Waals surface area contributed by atoms with Crippen molar-refractivity contribution in [1.29, 1.82) is 0 Å². The minimum Gasteiger partial charge on any atom is -0.378 e. The van der Waals surface area contributed by atoms with Gasteiger partial charge in [-0.05, 0) is 59.5 Å². The molecule has 0 saturated heterocycles. The van der Waals surface area contributed by atoms with Crippen LogP contribution in [0, 0.1) is 12.3 Å². The molecule has 126 valence electrons. The molecule has 25 heavy (non-hydrogen) atoms. The lowest BCUT2D eigenvalue weighted by atomic mass is 9.97. The molecule has 2 aromatic rings. The van der Waals surface area contributed by atoms with E-state index in [1.807, 2.05) is 26.0 Å². The second-order valence-corrected chi connectivity index (χ2v) is 5.82. The molecule has 0 aromatic heterocycles. The van der Waals surface area contributed by atoms with Crippen LogP contribution < -0.4 is 15.8 Å². The summed E-state index contributed by atoms with van der Waals surface area (Å²) in [5.74, 6) is 2.75. The normalized spacial score (nSPS) is 12.8. The molecule has 0 heterocycles. The first-order valence-electron chi connectivity index (χ1n) is 8.55. The van der Waals surface area contributed by atoms with Crippen LogP contribution in [0.2, 0.25) is 0 Å². The number of hydrogen-bond donors (Lipinski definition) is 1. The zero-order valence-corrected chi connectivity index (χ0v) is 15.3.